The van der Waals surface area contributed by atoms with Crippen LogP contribution in [-0.2, 0) is 13.6 Å². The monoisotopic (exact) mass is 313 g/mol. The third-order valence-electron chi connectivity index (χ3n) is 4.08. The van der Waals surface area contributed by atoms with Crippen LogP contribution in [0.3, 0.4) is 0 Å². The summed E-state index contributed by atoms with van der Waals surface area (Å²) in [5.41, 5.74) is 2.55. The van der Waals surface area contributed by atoms with E-state index in [0.717, 1.165) is 29.8 Å². The summed E-state index contributed by atoms with van der Waals surface area (Å²) in [5, 5.41) is 4.29. The van der Waals surface area contributed by atoms with Crippen molar-refractivity contribution in [2.75, 3.05) is 6.61 Å². The highest BCUT2D eigenvalue weighted by atomic mass is 16.5. The fourth-order valence-electron chi connectivity index (χ4n) is 2.83. The van der Waals surface area contributed by atoms with Gasteiger partial charge in [0.25, 0.3) is 5.91 Å². The number of carbonyl (C=O) groups is 1. The van der Waals surface area contributed by atoms with Crippen molar-refractivity contribution in [3.8, 4) is 5.75 Å². The van der Waals surface area contributed by atoms with Crippen molar-refractivity contribution in [1.29, 1.82) is 0 Å². The first-order chi connectivity index (χ1) is 11.1. The number of rotatable bonds is 6. The average molecular weight is 313 g/mol. The number of ether oxygens (including phenoxy) is 1. The van der Waals surface area contributed by atoms with Gasteiger partial charge < -0.3 is 9.64 Å². The fraction of sp³-hybridized carbons (Fsp3) is 0.444. The van der Waals surface area contributed by atoms with Gasteiger partial charge in [-0.15, -0.1) is 0 Å². The summed E-state index contributed by atoms with van der Waals surface area (Å²) in [6, 6.07) is 10.1. The summed E-state index contributed by atoms with van der Waals surface area (Å²) in [6.45, 7) is 5.07. The fourth-order valence-corrected chi connectivity index (χ4v) is 2.83. The minimum atomic E-state index is 0.0434. The van der Waals surface area contributed by atoms with Gasteiger partial charge in [-0.1, -0.05) is 18.2 Å². The molecule has 0 radical (unpaired) electrons. The molecule has 122 valence electrons. The number of aryl methyl sites for hydroxylation is 2. The van der Waals surface area contributed by atoms with E-state index in [1.54, 1.807) is 4.68 Å². The Morgan fingerprint density at radius 1 is 1.39 bits per heavy atom. The first kappa shape index (κ1) is 15.6. The van der Waals surface area contributed by atoms with E-state index >= 15 is 0 Å². The standard InChI is InChI=1S/C18H23N3O2/c1-4-23-17-8-6-5-7-14(17)12-21(15-9-10-15)18(22)16-11-13(2)19-20(16)3/h5-8,11,15H,4,9-10,12H2,1-3H3. The summed E-state index contributed by atoms with van der Waals surface area (Å²) in [5.74, 6) is 0.900. The SMILES string of the molecule is CCOc1ccccc1CN(C(=O)c1cc(C)nn1C)C1CC1. The van der Waals surface area contributed by atoms with Gasteiger partial charge in [-0.25, -0.2) is 0 Å². The lowest BCUT2D eigenvalue weighted by Crippen LogP contribution is -2.34. The summed E-state index contributed by atoms with van der Waals surface area (Å²) in [6.07, 6.45) is 2.14. The van der Waals surface area contributed by atoms with Gasteiger partial charge in [0.1, 0.15) is 11.4 Å². The van der Waals surface area contributed by atoms with Gasteiger partial charge in [0, 0.05) is 25.2 Å². The molecule has 2 aromatic rings. The van der Waals surface area contributed by atoms with E-state index in [-0.39, 0.29) is 5.91 Å². The molecule has 1 saturated carbocycles. The molecule has 1 aromatic heterocycles. The van der Waals surface area contributed by atoms with E-state index < -0.39 is 0 Å². The Morgan fingerprint density at radius 3 is 2.74 bits per heavy atom. The quantitative estimate of drug-likeness (QED) is 0.824. The predicted octanol–water partition coefficient (Wildman–Crippen LogP) is 2.93. The second-order valence-corrected chi connectivity index (χ2v) is 6.00. The van der Waals surface area contributed by atoms with Crippen LogP contribution in [0.5, 0.6) is 5.75 Å². The maximum absolute atomic E-state index is 13.0. The van der Waals surface area contributed by atoms with Crippen LogP contribution in [0.1, 0.15) is 41.5 Å². The van der Waals surface area contributed by atoms with Crippen molar-refractivity contribution in [3.63, 3.8) is 0 Å². The summed E-state index contributed by atoms with van der Waals surface area (Å²) < 4.78 is 7.36. The summed E-state index contributed by atoms with van der Waals surface area (Å²) >= 11 is 0. The predicted molar refractivity (Wildman–Crippen MR) is 88.5 cm³/mol. The van der Waals surface area contributed by atoms with Gasteiger partial charge in [-0.05, 0) is 38.8 Å². The Morgan fingerprint density at radius 2 is 2.13 bits per heavy atom. The molecule has 5 heteroatoms. The van der Waals surface area contributed by atoms with Crippen LogP contribution in [0.2, 0.25) is 0 Å². The lowest BCUT2D eigenvalue weighted by Gasteiger charge is -2.23. The number of para-hydroxylation sites is 1. The van der Waals surface area contributed by atoms with Crippen molar-refractivity contribution < 1.29 is 9.53 Å². The largest absolute Gasteiger partial charge is 0.494 e. The zero-order valence-corrected chi connectivity index (χ0v) is 14.0. The van der Waals surface area contributed by atoms with E-state index in [4.69, 9.17) is 4.74 Å². The van der Waals surface area contributed by atoms with Crippen molar-refractivity contribution in [1.82, 2.24) is 14.7 Å². The van der Waals surface area contributed by atoms with E-state index in [9.17, 15) is 4.79 Å². The number of nitrogens with zero attached hydrogens (tertiary/aromatic N) is 3. The molecule has 0 N–H and O–H groups in total. The highest BCUT2D eigenvalue weighted by molar-refractivity contribution is 5.93. The van der Waals surface area contributed by atoms with E-state index in [2.05, 4.69) is 5.10 Å². The molecule has 0 saturated heterocycles. The Bertz CT molecular complexity index is 704. The molecule has 0 bridgehead atoms. The molecule has 1 aliphatic carbocycles. The molecule has 1 fully saturated rings. The molecule has 1 aromatic carbocycles. The first-order valence-corrected chi connectivity index (χ1v) is 8.12. The third kappa shape index (κ3) is 3.38. The van der Waals surface area contributed by atoms with Crippen LogP contribution < -0.4 is 4.74 Å². The number of benzene rings is 1. The molecule has 0 aliphatic heterocycles. The first-order valence-electron chi connectivity index (χ1n) is 8.12. The van der Waals surface area contributed by atoms with Crippen LogP contribution in [0.4, 0.5) is 0 Å². The van der Waals surface area contributed by atoms with Gasteiger partial charge in [0.15, 0.2) is 0 Å². The van der Waals surface area contributed by atoms with Crippen LogP contribution in [0.25, 0.3) is 0 Å². The van der Waals surface area contributed by atoms with Crippen molar-refractivity contribution >= 4 is 5.91 Å². The van der Waals surface area contributed by atoms with Crippen LogP contribution in [-0.4, -0.2) is 33.2 Å². The molecule has 1 aliphatic rings. The number of aromatic nitrogens is 2. The third-order valence-corrected chi connectivity index (χ3v) is 4.08. The Balaban J connectivity index is 1.86. The van der Waals surface area contributed by atoms with Crippen LogP contribution >= 0.6 is 0 Å². The van der Waals surface area contributed by atoms with Crippen LogP contribution in [0.15, 0.2) is 30.3 Å². The van der Waals surface area contributed by atoms with E-state index in [1.807, 2.05) is 56.1 Å². The topological polar surface area (TPSA) is 47.4 Å². The number of amides is 1. The zero-order valence-electron chi connectivity index (χ0n) is 14.0. The smallest absolute Gasteiger partial charge is 0.272 e. The summed E-state index contributed by atoms with van der Waals surface area (Å²) in [7, 11) is 1.82. The van der Waals surface area contributed by atoms with Crippen molar-refractivity contribution in [2.24, 2.45) is 7.05 Å². The normalized spacial score (nSPS) is 13.9. The molecule has 0 atom stereocenters. The van der Waals surface area contributed by atoms with Gasteiger partial charge in [-0.3, -0.25) is 9.48 Å². The molecule has 5 nitrogen and oxygen atoms in total. The van der Waals surface area contributed by atoms with E-state index in [1.165, 1.54) is 0 Å². The Labute approximate surface area is 136 Å². The van der Waals surface area contributed by atoms with Crippen molar-refractivity contribution in [3.05, 3.63) is 47.3 Å². The van der Waals surface area contributed by atoms with Gasteiger partial charge >= 0.3 is 0 Å². The molecule has 3 rings (SSSR count). The zero-order chi connectivity index (χ0) is 16.4. The molecule has 1 amide bonds. The number of hydrogen-bond donors (Lipinski definition) is 0. The second kappa shape index (κ2) is 6.44. The van der Waals surface area contributed by atoms with Crippen molar-refractivity contribution in [2.45, 2.75) is 39.3 Å². The molecule has 0 unspecified atom stereocenters. The van der Waals surface area contributed by atoms with E-state index in [0.29, 0.717) is 24.9 Å². The lowest BCUT2D eigenvalue weighted by molar-refractivity contribution is 0.0717. The Hall–Kier alpha value is -2.30. The molecular weight excluding hydrogens is 290 g/mol. The van der Waals surface area contributed by atoms with Gasteiger partial charge in [0.2, 0.25) is 0 Å². The highest BCUT2D eigenvalue weighted by Crippen LogP contribution is 2.31. The van der Waals surface area contributed by atoms with Gasteiger partial charge in [0.05, 0.1) is 12.3 Å². The number of hydrogen-bond acceptors (Lipinski definition) is 3. The number of carbonyl (C=O) groups excluding carboxylic acids is 1. The average Bonchev–Trinajstić information content (AvgIpc) is 3.30. The van der Waals surface area contributed by atoms with Crippen LogP contribution in [0, 0.1) is 6.92 Å². The second-order valence-electron chi connectivity index (χ2n) is 6.00. The van der Waals surface area contributed by atoms with Gasteiger partial charge in [-0.2, -0.15) is 5.10 Å². The summed E-state index contributed by atoms with van der Waals surface area (Å²) in [4.78, 5) is 14.9. The minimum absolute atomic E-state index is 0.0434. The lowest BCUT2D eigenvalue weighted by atomic mass is 10.1. The molecular formula is C18H23N3O2. The molecule has 0 spiro atoms. The molecule has 1 heterocycles. The minimum Gasteiger partial charge on any atom is -0.494 e. The maximum atomic E-state index is 13.0. The Kier molecular flexibility index (Phi) is 4.37. The maximum Gasteiger partial charge on any atom is 0.272 e. The molecule has 23 heavy (non-hydrogen) atoms. The highest BCUT2D eigenvalue weighted by Gasteiger charge is 2.34.